The van der Waals surface area contributed by atoms with E-state index in [0.29, 0.717) is 0 Å². The third kappa shape index (κ3) is 1.76. The van der Waals surface area contributed by atoms with Crippen LogP contribution in [0.2, 0.25) is 0 Å². The molecule has 2 radical (unpaired) electrons. The zero-order valence-electron chi connectivity index (χ0n) is 8.85. The summed E-state index contributed by atoms with van der Waals surface area (Å²) in [4.78, 5) is 0. The fraction of sp³-hybridized carbons (Fsp3) is 0.778. The Morgan fingerprint density at radius 1 is 1.59 bits per heavy atom. The summed E-state index contributed by atoms with van der Waals surface area (Å²) >= 11 is 5.27. The SMILES string of the molecule is [B][C@]1(F)O[C@H](CO)C2OC(OC)OC21C#CCl. The molecule has 2 rings (SSSR count). The molecule has 17 heavy (non-hydrogen) atoms. The molecule has 0 aromatic rings. The first-order valence-corrected chi connectivity index (χ1v) is 5.14. The number of rotatable bonds is 2. The van der Waals surface area contributed by atoms with Crippen LogP contribution in [0.1, 0.15) is 0 Å². The molecule has 2 aliphatic rings. The molecular formula is C9H9BClFO5. The average molecular weight is 262 g/mol. The van der Waals surface area contributed by atoms with Gasteiger partial charge in [0.25, 0.3) is 6.48 Å². The quantitative estimate of drug-likeness (QED) is 0.535. The second-order valence-corrected chi connectivity index (χ2v) is 3.83. The second kappa shape index (κ2) is 4.39. The summed E-state index contributed by atoms with van der Waals surface area (Å²) in [5.41, 5.74) is -1.91. The Balaban J connectivity index is 2.41. The maximum Gasteiger partial charge on any atom is 0.273 e. The zero-order valence-corrected chi connectivity index (χ0v) is 9.61. The largest absolute Gasteiger partial charge is 0.394 e. The van der Waals surface area contributed by atoms with Gasteiger partial charge in [0, 0.05) is 12.5 Å². The van der Waals surface area contributed by atoms with Crippen LogP contribution in [-0.4, -0.2) is 56.7 Å². The molecule has 3 unspecified atom stereocenters. The summed E-state index contributed by atoms with van der Waals surface area (Å²) in [6, 6.07) is 0. The summed E-state index contributed by atoms with van der Waals surface area (Å²) in [5, 5.41) is 11.1. The first kappa shape index (κ1) is 13.1. The molecule has 92 valence electrons. The number of methoxy groups -OCH3 is 1. The van der Waals surface area contributed by atoms with Crippen molar-refractivity contribution in [1.29, 1.82) is 0 Å². The van der Waals surface area contributed by atoms with E-state index in [2.05, 4.69) is 5.92 Å². The number of halogens is 2. The van der Waals surface area contributed by atoms with E-state index in [1.54, 1.807) is 0 Å². The summed E-state index contributed by atoms with van der Waals surface area (Å²) in [6.07, 6.45) is -2.04. The summed E-state index contributed by atoms with van der Waals surface area (Å²) in [7, 11) is 6.65. The monoisotopic (exact) mass is 262 g/mol. The van der Waals surface area contributed by atoms with Crippen molar-refractivity contribution in [2.75, 3.05) is 13.7 Å². The number of aliphatic hydroxyl groups excluding tert-OH is 1. The molecular weight excluding hydrogens is 253 g/mol. The maximum absolute atomic E-state index is 14.2. The molecule has 0 aliphatic carbocycles. The standard InChI is InChI=1S/C9H9BClFO5/c1-14-7-15-6-5(4-13)16-9(10,12)8(6,17-7)2-3-11/h5-7,13H,4H2,1H3/t5-,6?,7?,8?,9-/m1/s1. The van der Waals surface area contributed by atoms with E-state index < -0.39 is 36.6 Å². The Kier molecular flexibility index (Phi) is 3.38. The van der Waals surface area contributed by atoms with Crippen molar-refractivity contribution in [1.82, 2.24) is 0 Å². The molecule has 2 heterocycles. The molecule has 0 saturated carbocycles. The topological polar surface area (TPSA) is 57.2 Å². The molecule has 0 amide bonds. The van der Waals surface area contributed by atoms with Gasteiger partial charge in [-0.05, 0) is 17.5 Å². The van der Waals surface area contributed by atoms with E-state index in [1.807, 2.05) is 5.38 Å². The van der Waals surface area contributed by atoms with Crippen LogP contribution in [0.15, 0.2) is 0 Å². The van der Waals surface area contributed by atoms with Crippen LogP contribution >= 0.6 is 11.6 Å². The van der Waals surface area contributed by atoms with Gasteiger partial charge in [-0.25, -0.2) is 4.39 Å². The molecule has 2 aliphatic heterocycles. The van der Waals surface area contributed by atoms with Crippen LogP contribution in [0.25, 0.3) is 0 Å². The Hall–Kier alpha value is -0.355. The van der Waals surface area contributed by atoms with E-state index >= 15 is 0 Å². The predicted molar refractivity (Wildman–Crippen MR) is 54.7 cm³/mol. The number of fused-ring (bicyclic) bond motifs is 1. The third-order valence-corrected chi connectivity index (χ3v) is 2.81. The minimum atomic E-state index is -2.75. The van der Waals surface area contributed by atoms with Gasteiger partial charge in [0.05, 0.1) is 6.61 Å². The van der Waals surface area contributed by atoms with Crippen molar-refractivity contribution >= 4 is 19.4 Å². The van der Waals surface area contributed by atoms with Gasteiger partial charge in [0.15, 0.2) is 7.85 Å². The number of aliphatic hydroxyl groups is 1. The molecule has 0 aromatic carbocycles. The van der Waals surface area contributed by atoms with Crippen LogP contribution in [0.3, 0.4) is 0 Å². The van der Waals surface area contributed by atoms with Crippen LogP contribution in [0.4, 0.5) is 4.39 Å². The fourth-order valence-electron chi connectivity index (χ4n) is 1.95. The van der Waals surface area contributed by atoms with Gasteiger partial charge in [-0.15, -0.1) is 0 Å². The van der Waals surface area contributed by atoms with E-state index in [9.17, 15) is 4.39 Å². The highest BCUT2D eigenvalue weighted by molar-refractivity contribution is 6.30. The molecule has 0 bridgehead atoms. The van der Waals surface area contributed by atoms with Gasteiger partial charge < -0.3 is 24.1 Å². The van der Waals surface area contributed by atoms with Crippen LogP contribution in [0, 0.1) is 11.3 Å². The molecule has 1 N–H and O–H groups in total. The van der Waals surface area contributed by atoms with Crippen molar-refractivity contribution in [3.63, 3.8) is 0 Å². The number of hydrogen-bond donors (Lipinski definition) is 1. The first-order chi connectivity index (χ1) is 8.00. The lowest BCUT2D eigenvalue weighted by Crippen LogP contribution is -2.52. The molecule has 0 spiro atoms. The molecule has 2 fully saturated rings. The molecule has 2 saturated heterocycles. The third-order valence-electron chi connectivity index (χ3n) is 2.71. The van der Waals surface area contributed by atoms with Crippen LogP contribution < -0.4 is 0 Å². The van der Waals surface area contributed by atoms with Crippen molar-refractivity contribution < 1.29 is 28.4 Å². The minimum absolute atomic E-state index is 0.501. The summed E-state index contributed by atoms with van der Waals surface area (Å²) in [6.45, 7) is -1.65. The highest BCUT2D eigenvalue weighted by Gasteiger charge is 2.70. The van der Waals surface area contributed by atoms with E-state index in [4.69, 9.17) is 43.5 Å². The Morgan fingerprint density at radius 3 is 2.82 bits per heavy atom. The minimum Gasteiger partial charge on any atom is -0.394 e. The number of ether oxygens (including phenoxy) is 4. The van der Waals surface area contributed by atoms with E-state index in [-0.39, 0.29) is 0 Å². The summed E-state index contributed by atoms with van der Waals surface area (Å²) in [5.74, 6) is -0.459. The number of hydrogen-bond acceptors (Lipinski definition) is 5. The zero-order chi connectivity index (χ0) is 12.7. The predicted octanol–water partition coefficient (Wildman–Crippen LogP) is -0.547. The van der Waals surface area contributed by atoms with Crippen molar-refractivity contribution in [2.24, 2.45) is 0 Å². The Bertz CT molecular complexity index is 370. The van der Waals surface area contributed by atoms with Crippen molar-refractivity contribution in [3.8, 4) is 11.3 Å². The van der Waals surface area contributed by atoms with E-state index in [0.717, 1.165) is 0 Å². The summed E-state index contributed by atoms with van der Waals surface area (Å²) < 4.78 is 34.2. The molecule has 5 nitrogen and oxygen atoms in total. The van der Waals surface area contributed by atoms with Gasteiger partial charge in [-0.1, -0.05) is 0 Å². The van der Waals surface area contributed by atoms with Gasteiger partial charge in [0.2, 0.25) is 11.4 Å². The van der Waals surface area contributed by atoms with Crippen LogP contribution in [0.5, 0.6) is 0 Å². The highest BCUT2D eigenvalue weighted by Crippen LogP contribution is 2.48. The molecule has 5 atom stereocenters. The number of alkyl halides is 1. The second-order valence-electron chi connectivity index (χ2n) is 3.64. The Morgan fingerprint density at radius 2 is 2.29 bits per heavy atom. The van der Waals surface area contributed by atoms with Gasteiger partial charge in [-0.3, -0.25) is 0 Å². The first-order valence-electron chi connectivity index (χ1n) is 4.76. The lowest BCUT2D eigenvalue weighted by molar-refractivity contribution is -0.276. The maximum atomic E-state index is 14.2. The molecule has 8 heteroatoms. The van der Waals surface area contributed by atoms with E-state index in [1.165, 1.54) is 7.11 Å². The highest BCUT2D eigenvalue weighted by atomic mass is 35.5. The smallest absolute Gasteiger partial charge is 0.273 e. The van der Waals surface area contributed by atoms with Gasteiger partial charge in [0.1, 0.15) is 12.2 Å². The van der Waals surface area contributed by atoms with Crippen molar-refractivity contribution in [3.05, 3.63) is 0 Å². The lowest BCUT2D eigenvalue weighted by atomic mass is 9.78. The fourth-order valence-corrected chi connectivity index (χ4v) is 2.09. The Labute approximate surface area is 104 Å². The molecule has 0 aromatic heterocycles. The van der Waals surface area contributed by atoms with Gasteiger partial charge >= 0.3 is 0 Å². The lowest BCUT2D eigenvalue weighted by Gasteiger charge is -2.29. The normalized spacial score (nSPS) is 48.6. The van der Waals surface area contributed by atoms with Crippen LogP contribution in [-0.2, 0) is 18.9 Å². The van der Waals surface area contributed by atoms with Crippen molar-refractivity contribution in [2.45, 2.75) is 30.0 Å². The average Bonchev–Trinajstić information content (AvgIpc) is 2.74. The van der Waals surface area contributed by atoms with Gasteiger partial charge in [-0.2, -0.15) is 0 Å².